The summed E-state index contributed by atoms with van der Waals surface area (Å²) in [6.07, 6.45) is 0.448. The van der Waals surface area contributed by atoms with Gasteiger partial charge in [-0.25, -0.2) is 0 Å². The van der Waals surface area contributed by atoms with Crippen molar-refractivity contribution < 1.29 is 30.3 Å². The zero-order chi connectivity index (χ0) is 22.2. The third-order valence-electron chi connectivity index (χ3n) is 7.25. The van der Waals surface area contributed by atoms with Crippen molar-refractivity contribution in [2.24, 2.45) is 5.92 Å². The van der Waals surface area contributed by atoms with Gasteiger partial charge in [0, 0.05) is 51.5 Å². The number of ether oxygens (including phenoxy) is 1. The summed E-state index contributed by atoms with van der Waals surface area (Å²) in [5.41, 5.74) is -2.08. The third kappa shape index (κ3) is 4.20. The number of piperazine rings is 1. The molecule has 0 amide bonds. The highest BCUT2D eigenvalue weighted by atomic mass is 16.5. The average molecular weight is 435 g/mol. The predicted molar refractivity (Wildman–Crippen MR) is 116 cm³/mol. The van der Waals surface area contributed by atoms with E-state index < -0.39 is 35.4 Å². The van der Waals surface area contributed by atoms with E-state index in [0.29, 0.717) is 6.54 Å². The van der Waals surface area contributed by atoms with Crippen molar-refractivity contribution in [1.29, 1.82) is 0 Å². The van der Waals surface area contributed by atoms with Crippen LogP contribution in [0.3, 0.4) is 0 Å². The lowest BCUT2D eigenvalue weighted by Gasteiger charge is -2.48. The van der Waals surface area contributed by atoms with Crippen LogP contribution in [0.25, 0.3) is 0 Å². The molecule has 1 heterocycles. The van der Waals surface area contributed by atoms with E-state index in [-0.39, 0.29) is 19.3 Å². The number of nitrogens with zero attached hydrogens (tertiary/aromatic N) is 2. The van der Waals surface area contributed by atoms with Gasteiger partial charge in [-0.1, -0.05) is 24.3 Å². The number of rotatable bonds is 6. The molecule has 3 unspecified atom stereocenters. The summed E-state index contributed by atoms with van der Waals surface area (Å²) in [5, 5.41) is 52.6. The van der Waals surface area contributed by atoms with E-state index >= 15 is 0 Å². The molecule has 1 saturated carbocycles. The number of hydrogen-bond acceptors (Lipinski definition) is 8. The largest absolute Gasteiger partial charge is 0.495 e. The van der Waals surface area contributed by atoms with Crippen molar-refractivity contribution in [3.05, 3.63) is 36.4 Å². The minimum absolute atomic E-state index is 0.112. The fourth-order valence-electron chi connectivity index (χ4n) is 5.38. The molecule has 1 aliphatic heterocycles. The van der Waals surface area contributed by atoms with Crippen LogP contribution in [-0.4, -0.2) is 99.8 Å². The van der Waals surface area contributed by atoms with E-state index in [9.17, 15) is 25.5 Å². The molecule has 0 spiro atoms. The molecular weight excluding hydrogens is 400 g/mol. The van der Waals surface area contributed by atoms with Gasteiger partial charge in [-0.05, 0) is 18.6 Å². The van der Waals surface area contributed by atoms with Crippen molar-refractivity contribution >= 4 is 5.69 Å². The lowest BCUT2D eigenvalue weighted by atomic mass is 9.67. The molecule has 8 heteroatoms. The Morgan fingerprint density at radius 1 is 1.06 bits per heavy atom. The minimum Gasteiger partial charge on any atom is -0.495 e. The predicted octanol–water partition coefficient (Wildman–Crippen LogP) is -0.268. The van der Waals surface area contributed by atoms with Crippen molar-refractivity contribution in [3.63, 3.8) is 0 Å². The molecule has 31 heavy (non-hydrogen) atoms. The summed E-state index contributed by atoms with van der Waals surface area (Å²) in [6.45, 7) is 3.72. The van der Waals surface area contributed by atoms with Crippen LogP contribution in [0.2, 0.25) is 0 Å². The minimum atomic E-state index is -1.57. The number of anilines is 1. The Labute approximate surface area is 183 Å². The molecule has 5 N–H and O–H groups in total. The van der Waals surface area contributed by atoms with E-state index in [1.165, 1.54) is 6.08 Å². The molecule has 0 radical (unpaired) electrons. The van der Waals surface area contributed by atoms with Gasteiger partial charge in [-0.15, -0.1) is 0 Å². The van der Waals surface area contributed by atoms with E-state index in [1.54, 1.807) is 13.2 Å². The summed E-state index contributed by atoms with van der Waals surface area (Å²) < 4.78 is 5.46. The monoisotopic (exact) mass is 434 g/mol. The molecule has 1 aromatic rings. The number of para-hydroxylation sites is 2. The van der Waals surface area contributed by atoms with E-state index in [2.05, 4.69) is 9.80 Å². The van der Waals surface area contributed by atoms with Crippen LogP contribution in [0.15, 0.2) is 36.4 Å². The van der Waals surface area contributed by atoms with Crippen LogP contribution in [0, 0.1) is 5.92 Å². The van der Waals surface area contributed by atoms with Gasteiger partial charge in [-0.2, -0.15) is 0 Å². The van der Waals surface area contributed by atoms with Crippen LogP contribution >= 0.6 is 0 Å². The Kier molecular flexibility index (Phi) is 6.31. The van der Waals surface area contributed by atoms with E-state index in [4.69, 9.17) is 4.74 Å². The molecule has 2 aliphatic carbocycles. The molecule has 2 fully saturated rings. The SMILES string of the molecule is COc1ccccc1N1CCN(CC(O)C[C@H]2C=C[C@]3(O)CC(O)C(O)C[C@@]23O)CC1. The topological polar surface area (TPSA) is 117 Å². The average Bonchev–Trinajstić information content (AvgIpc) is 2.99. The first-order valence-electron chi connectivity index (χ1n) is 11.0. The molecule has 6 atom stereocenters. The van der Waals surface area contributed by atoms with Gasteiger partial charge >= 0.3 is 0 Å². The van der Waals surface area contributed by atoms with Crippen LogP contribution in [0.5, 0.6) is 5.75 Å². The van der Waals surface area contributed by atoms with Crippen molar-refractivity contribution in [1.82, 2.24) is 4.90 Å². The molecule has 3 aliphatic rings. The first-order valence-corrected chi connectivity index (χ1v) is 11.0. The summed E-state index contributed by atoms with van der Waals surface area (Å²) in [6, 6.07) is 7.95. The van der Waals surface area contributed by atoms with Gasteiger partial charge in [0.2, 0.25) is 0 Å². The third-order valence-corrected chi connectivity index (χ3v) is 7.25. The first-order chi connectivity index (χ1) is 14.8. The fourth-order valence-corrected chi connectivity index (χ4v) is 5.38. The molecule has 0 bridgehead atoms. The second-order valence-corrected chi connectivity index (χ2v) is 9.21. The number of aliphatic hydroxyl groups excluding tert-OH is 3. The Balaban J connectivity index is 1.31. The molecule has 0 aromatic heterocycles. The molecule has 172 valence electrons. The van der Waals surface area contributed by atoms with Crippen LogP contribution in [0.4, 0.5) is 5.69 Å². The smallest absolute Gasteiger partial charge is 0.142 e. The van der Waals surface area contributed by atoms with Gasteiger partial charge in [0.25, 0.3) is 0 Å². The standard InChI is InChI=1S/C23H34N2O6/c1-31-21-5-3-2-4-18(21)25-10-8-24(9-11-25)15-17(26)12-16-6-7-22(29)13-19(27)20(28)14-23(16,22)30/h2-7,16-17,19-20,26-30H,8-15H2,1H3/t16-,17?,19?,20?,22+,23-/m1/s1. The van der Waals surface area contributed by atoms with E-state index in [0.717, 1.165) is 37.6 Å². The maximum Gasteiger partial charge on any atom is 0.142 e. The second kappa shape index (κ2) is 8.69. The van der Waals surface area contributed by atoms with E-state index in [1.807, 2.05) is 24.3 Å². The summed E-state index contributed by atoms with van der Waals surface area (Å²) in [5.74, 6) is 0.369. The lowest BCUT2D eigenvalue weighted by molar-refractivity contribution is -0.210. The van der Waals surface area contributed by atoms with Gasteiger partial charge in [0.15, 0.2) is 0 Å². The molecular formula is C23H34N2O6. The van der Waals surface area contributed by atoms with Gasteiger partial charge in [-0.3, -0.25) is 4.90 Å². The lowest BCUT2D eigenvalue weighted by Crippen LogP contribution is -2.63. The van der Waals surface area contributed by atoms with Crippen molar-refractivity contribution in [2.75, 3.05) is 44.7 Å². The molecule has 4 rings (SSSR count). The normalized spacial score (nSPS) is 37.0. The molecule has 1 aromatic carbocycles. The highest BCUT2D eigenvalue weighted by molar-refractivity contribution is 5.58. The first kappa shape index (κ1) is 22.5. The Morgan fingerprint density at radius 3 is 2.45 bits per heavy atom. The molecule has 1 saturated heterocycles. The van der Waals surface area contributed by atoms with Gasteiger partial charge in [0.1, 0.15) is 17.0 Å². The number of β-amino-alcohol motifs (C(OH)–C–C–N with tert-alkyl or cyclic N) is 1. The molecule has 8 nitrogen and oxygen atoms in total. The number of fused-ring (bicyclic) bond motifs is 1. The van der Waals surface area contributed by atoms with Crippen molar-refractivity contribution in [3.8, 4) is 5.75 Å². The Bertz CT molecular complexity index is 798. The maximum absolute atomic E-state index is 11.2. The maximum atomic E-state index is 11.2. The van der Waals surface area contributed by atoms with Crippen LogP contribution < -0.4 is 9.64 Å². The number of hydrogen-bond donors (Lipinski definition) is 5. The zero-order valence-corrected chi connectivity index (χ0v) is 18.0. The van der Waals surface area contributed by atoms with Gasteiger partial charge in [0.05, 0.1) is 31.1 Å². The second-order valence-electron chi connectivity index (χ2n) is 9.21. The number of benzene rings is 1. The fraction of sp³-hybridized carbons (Fsp3) is 0.652. The van der Waals surface area contributed by atoms with Crippen molar-refractivity contribution in [2.45, 2.75) is 48.8 Å². The Morgan fingerprint density at radius 2 is 1.74 bits per heavy atom. The number of aliphatic hydroxyl groups is 5. The highest BCUT2D eigenvalue weighted by Crippen LogP contribution is 2.49. The highest BCUT2D eigenvalue weighted by Gasteiger charge is 2.60. The quantitative estimate of drug-likeness (QED) is 0.389. The summed E-state index contributed by atoms with van der Waals surface area (Å²) in [7, 11) is 1.67. The van der Waals surface area contributed by atoms with Crippen LogP contribution in [-0.2, 0) is 0 Å². The van der Waals surface area contributed by atoms with Crippen LogP contribution in [0.1, 0.15) is 19.3 Å². The summed E-state index contributed by atoms with van der Waals surface area (Å²) in [4.78, 5) is 4.48. The summed E-state index contributed by atoms with van der Waals surface area (Å²) >= 11 is 0. The Hall–Kier alpha value is -1.68. The number of methoxy groups -OCH3 is 1. The zero-order valence-electron chi connectivity index (χ0n) is 18.0. The van der Waals surface area contributed by atoms with Gasteiger partial charge < -0.3 is 35.2 Å².